The van der Waals surface area contributed by atoms with Crippen molar-refractivity contribution in [3.8, 4) is 17.2 Å². The molecule has 9 heteroatoms. The number of rotatable bonds is 5. The van der Waals surface area contributed by atoms with Crippen LogP contribution in [0.1, 0.15) is 27.0 Å². The summed E-state index contributed by atoms with van der Waals surface area (Å²) in [5.41, 5.74) is 2.84. The van der Waals surface area contributed by atoms with Crippen molar-refractivity contribution < 1.29 is 28.7 Å². The molecule has 0 atom stereocenters. The van der Waals surface area contributed by atoms with Gasteiger partial charge in [0.2, 0.25) is 5.78 Å². The smallest absolute Gasteiger partial charge is 0.269 e. The third kappa shape index (κ3) is 4.33. The van der Waals surface area contributed by atoms with E-state index in [2.05, 4.69) is 15.9 Å². The molecule has 0 amide bonds. The van der Waals surface area contributed by atoms with Crippen molar-refractivity contribution in [1.29, 1.82) is 0 Å². The predicted octanol–water partition coefficient (Wildman–Crippen LogP) is 5.42. The number of non-ortho nitro benzene ring substituents is 1. The zero-order valence-electron chi connectivity index (χ0n) is 17.1. The lowest BCUT2D eigenvalue weighted by molar-refractivity contribution is -0.384. The molecule has 166 valence electrons. The van der Waals surface area contributed by atoms with Crippen LogP contribution in [0.15, 0.2) is 64.8 Å². The van der Waals surface area contributed by atoms with E-state index in [0.717, 1.165) is 15.6 Å². The van der Waals surface area contributed by atoms with Crippen molar-refractivity contribution in [1.82, 2.24) is 0 Å². The molecule has 33 heavy (non-hydrogen) atoms. The average Bonchev–Trinajstić information content (AvgIpc) is 3.12. The van der Waals surface area contributed by atoms with Gasteiger partial charge in [-0.25, -0.2) is 0 Å². The normalized spacial score (nSPS) is 15.4. The molecular formula is C24H16BrNO7. The molecule has 0 saturated heterocycles. The minimum atomic E-state index is -0.450. The lowest BCUT2D eigenvalue weighted by Crippen LogP contribution is -2.12. The minimum absolute atomic E-state index is 0.0205. The molecule has 2 aliphatic heterocycles. The van der Waals surface area contributed by atoms with Crippen molar-refractivity contribution >= 4 is 33.5 Å². The molecule has 2 heterocycles. The third-order valence-corrected chi connectivity index (χ3v) is 5.64. The summed E-state index contributed by atoms with van der Waals surface area (Å²) in [6.07, 6.45) is 1.66. The molecule has 0 saturated carbocycles. The Morgan fingerprint density at radius 1 is 1.12 bits per heavy atom. The van der Waals surface area contributed by atoms with Crippen molar-refractivity contribution in [2.75, 3.05) is 6.79 Å². The number of carbonyl (C=O) groups excluding carboxylic acids is 1. The van der Waals surface area contributed by atoms with Crippen molar-refractivity contribution in [2.24, 2.45) is 0 Å². The second-order valence-electron chi connectivity index (χ2n) is 7.40. The number of halogens is 1. The standard InChI is InChI=1S/C24H16BrNO7/c25-17-7-15(24-16(8-17)12-30-13-32-24)9-22-23(27)20-6-5-19(10-21(20)33-22)31-11-14-1-3-18(4-2-14)26(28)29/h1-10H,11-13H2/b22-9-. The molecule has 0 aromatic heterocycles. The molecule has 0 spiro atoms. The third-order valence-electron chi connectivity index (χ3n) is 5.18. The Morgan fingerprint density at radius 2 is 1.94 bits per heavy atom. The van der Waals surface area contributed by atoms with Crippen LogP contribution in [-0.4, -0.2) is 17.5 Å². The van der Waals surface area contributed by atoms with E-state index in [1.165, 1.54) is 12.1 Å². The molecule has 3 aromatic rings. The predicted molar refractivity (Wildman–Crippen MR) is 121 cm³/mol. The average molecular weight is 510 g/mol. The second kappa shape index (κ2) is 8.68. The van der Waals surface area contributed by atoms with Gasteiger partial charge in [-0.3, -0.25) is 14.9 Å². The molecule has 8 nitrogen and oxygen atoms in total. The fourth-order valence-corrected chi connectivity index (χ4v) is 4.12. The monoisotopic (exact) mass is 509 g/mol. The number of ether oxygens (including phenoxy) is 4. The lowest BCUT2D eigenvalue weighted by atomic mass is 10.1. The maximum absolute atomic E-state index is 12.9. The van der Waals surface area contributed by atoms with Gasteiger partial charge in [0.25, 0.3) is 5.69 Å². The van der Waals surface area contributed by atoms with Crippen molar-refractivity contribution in [3.63, 3.8) is 0 Å². The molecule has 0 fully saturated rings. The van der Waals surface area contributed by atoms with Gasteiger partial charge in [-0.15, -0.1) is 0 Å². The van der Waals surface area contributed by atoms with Crippen LogP contribution in [0.3, 0.4) is 0 Å². The highest BCUT2D eigenvalue weighted by atomic mass is 79.9. The summed E-state index contributed by atoms with van der Waals surface area (Å²) in [6.45, 7) is 0.793. The molecular weight excluding hydrogens is 494 g/mol. The van der Waals surface area contributed by atoms with Gasteiger partial charge < -0.3 is 18.9 Å². The Balaban J connectivity index is 1.34. The van der Waals surface area contributed by atoms with E-state index in [1.54, 1.807) is 36.4 Å². The number of ketones is 1. The van der Waals surface area contributed by atoms with Crippen LogP contribution in [0, 0.1) is 10.1 Å². The van der Waals surface area contributed by atoms with Gasteiger partial charge in [0, 0.05) is 33.8 Å². The van der Waals surface area contributed by atoms with Crippen molar-refractivity contribution in [2.45, 2.75) is 13.2 Å². The number of nitro groups is 1. The maximum Gasteiger partial charge on any atom is 0.269 e. The zero-order valence-corrected chi connectivity index (χ0v) is 18.7. The van der Waals surface area contributed by atoms with Crippen LogP contribution in [0.5, 0.6) is 17.2 Å². The fourth-order valence-electron chi connectivity index (χ4n) is 3.59. The topological polar surface area (TPSA) is 97.1 Å². The van der Waals surface area contributed by atoms with E-state index in [9.17, 15) is 14.9 Å². The number of hydrogen-bond donors (Lipinski definition) is 0. The molecule has 0 bridgehead atoms. The Bertz CT molecular complexity index is 1300. The van der Waals surface area contributed by atoms with Gasteiger partial charge >= 0.3 is 0 Å². The highest BCUT2D eigenvalue weighted by molar-refractivity contribution is 9.10. The number of nitrogens with zero attached hydrogens (tertiary/aromatic N) is 1. The number of benzene rings is 3. The number of carbonyl (C=O) groups is 1. The summed E-state index contributed by atoms with van der Waals surface area (Å²) in [6, 6.07) is 14.9. The first kappa shape index (κ1) is 21.2. The van der Waals surface area contributed by atoms with Gasteiger partial charge in [-0.1, -0.05) is 15.9 Å². The molecule has 5 rings (SSSR count). The second-order valence-corrected chi connectivity index (χ2v) is 8.32. The van der Waals surface area contributed by atoms with Gasteiger partial charge in [-0.05, 0) is 48.0 Å². The molecule has 3 aromatic carbocycles. The van der Waals surface area contributed by atoms with E-state index in [4.69, 9.17) is 18.9 Å². The molecule has 2 aliphatic rings. The number of Topliss-reactive ketones (excluding diaryl/α,β-unsaturated/α-hetero) is 1. The Kier molecular flexibility index (Phi) is 5.57. The Morgan fingerprint density at radius 3 is 2.73 bits per heavy atom. The highest BCUT2D eigenvalue weighted by Gasteiger charge is 2.28. The van der Waals surface area contributed by atoms with E-state index in [1.807, 2.05) is 12.1 Å². The maximum atomic E-state index is 12.9. The number of fused-ring (bicyclic) bond motifs is 2. The van der Waals surface area contributed by atoms with E-state index >= 15 is 0 Å². The summed E-state index contributed by atoms with van der Waals surface area (Å²) < 4.78 is 23.4. The van der Waals surface area contributed by atoms with Crippen LogP contribution in [0.4, 0.5) is 5.69 Å². The van der Waals surface area contributed by atoms with Crippen LogP contribution in [0.25, 0.3) is 6.08 Å². The van der Waals surface area contributed by atoms with Crippen molar-refractivity contribution in [3.05, 3.63) is 97.2 Å². The molecule has 0 unspecified atom stereocenters. The summed E-state index contributed by atoms with van der Waals surface area (Å²) in [4.78, 5) is 23.2. The van der Waals surface area contributed by atoms with E-state index < -0.39 is 4.92 Å². The summed E-state index contributed by atoms with van der Waals surface area (Å²) in [7, 11) is 0. The highest BCUT2D eigenvalue weighted by Crippen LogP contribution is 2.38. The largest absolute Gasteiger partial charge is 0.489 e. The fraction of sp³-hybridized carbons (Fsp3) is 0.125. The number of allylic oxidation sites excluding steroid dienone is 1. The zero-order chi connectivity index (χ0) is 22.9. The van der Waals surface area contributed by atoms with Crippen LogP contribution in [-0.2, 0) is 18.0 Å². The first-order valence-electron chi connectivity index (χ1n) is 9.95. The van der Waals surface area contributed by atoms with E-state index in [0.29, 0.717) is 35.0 Å². The summed E-state index contributed by atoms with van der Waals surface area (Å²) in [5.74, 6) is 1.54. The van der Waals surface area contributed by atoms with Crippen LogP contribution < -0.4 is 14.2 Å². The minimum Gasteiger partial charge on any atom is -0.489 e. The molecule has 0 N–H and O–H groups in total. The van der Waals surface area contributed by atoms with Gasteiger partial charge in [0.1, 0.15) is 23.9 Å². The molecule has 0 aliphatic carbocycles. The summed E-state index contributed by atoms with van der Waals surface area (Å²) in [5, 5.41) is 10.8. The number of hydrogen-bond acceptors (Lipinski definition) is 7. The lowest BCUT2D eigenvalue weighted by Gasteiger charge is -2.20. The first-order chi connectivity index (χ1) is 16.0. The van der Waals surface area contributed by atoms with Gasteiger partial charge in [0.15, 0.2) is 12.6 Å². The summed E-state index contributed by atoms with van der Waals surface area (Å²) >= 11 is 3.48. The van der Waals surface area contributed by atoms with Gasteiger partial charge in [-0.2, -0.15) is 0 Å². The van der Waals surface area contributed by atoms with Gasteiger partial charge in [0.05, 0.1) is 17.1 Å². The SMILES string of the molecule is O=C1/C(=C/c2cc(Br)cc3c2OCOC3)Oc2cc(OCc3ccc([N+](=O)[O-])cc3)ccc21. The number of nitro benzene ring substituents is 1. The van der Waals surface area contributed by atoms with Crippen LogP contribution in [0.2, 0.25) is 0 Å². The first-order valence-corrected chi connectivity index (χ1v) is 10.7. The van der Waals surface area contributed by atoms with Crippen LogP contribution >= 0.6 is 15.9 Å². The Labute approximate surface area is 196 Å². The Hall–Kier alpha value is -3.69. The van der Waals surface area contributed by atoms with E-state index in [-0.39, 0.29) is 30.6 Å². The quantitative estimate of drug-likeness (QED) is 0.257. The molecule has 0 radical (unpaired) electrons.